The first kappa shape index (κ1) is 13.2. The number of carbonyl (C=O) groups excluding carboxylic acids is 1. The van der Waals surface area contributed by atoms with Gasteiger partial charge < -0.3 is 9.90 Å². The van der Waals surface area contributed by atoms with Crippen molar-refractivity contribution >= 4 is 5.97 Å². The molecule has 0 amide bonds. The summed E-state index contributed by atoms with van der Waals surface area (Å²) in [6, 6.07) is 0. The molecule has 0 aliphatic heterocycles. The van der Waals surface area contributed by atoms with Crippen LogP contribution in [0.1, 0.15) is 39.0 Å². The Morgan fingerprint density at radius 2 is 1.85 bits per heavy atom. The van der Waals surface area contributed by atoms with Gasteiger partial charge in [0.25, 0.3) is 0 Å². The number of carboxylic acids is 1. The van der Waals surface area contributed by atoms with Gasteiger partial charge in [-0.3, -0.25) is 0 Å². The summed E-state index contributed by atoms with van der Waals surface area (Å²) < 4.78 is 0. The third-order valence-corrected chi connectivity index (χ3v) is 2.64. The van der Waals surface area contributed by atoms with Crippen molar-refractivity contribution in [3.05, 3.63) is 12.2 Å². The van der Waals surface area contributed by atoms with Gasteiger partial charge >= 0.3 is 29.6 Å². The van der Waals surface area contributed by atoms with Crippen molar-refractivity contribution in [2.75, 3.05) is 0 Å². The second-order valence-electron chi connectivity index (χ2n) is 3.50. The molecule has 0 saturated heterocycles. The summed E-state index contributed by atoms with van der Waals surface area (Å²) in [5, 5.41) is 10.9. The maximum atomic E-state index is 10.9. The van der Waals surface area contributed by atoms with Crippen LogP contribution in [0.4, 0.5) is 0 Å². The van der Waals surface area contributed by atoms with Crippen molar-refractivity contribution in [3.63, 3.8) is 0 Å². The molecule has 0 aromatic carbocycles. The topological polar surface area (TPSA) is 40.1 Å². The molecule has 1 aliphatic carbocycles. The molecule has 1 aliphatic rings. The number of hydrogen-bond donors (Lipinski definition) is 0. The molecule has 3 heteroatoms. The van der Waals surface area contributed by atoms with Crippen molar-refractivity contribution in [2.24, 2.45) is 5.41 Å². The second kappa shape index (κ2) is 5.84. The Labute approximate surface area is 102 Å². The number of allylic oxidation sites excluding steroid dienone is 1. The molecule has 0 aromatic heterocycles. The molecular formula is C10H15NaO2. The predicted octanol–water partition coefficient (Wildman–Crippen LogP) is -1.73. The van der Waals surface area contributed by atoms with Crippen LogP contribution in [0.3, 0.4) is 0 Å². The summed E-state index contributed by atoms with van der Waals surface area (Å²) in [4.78, 5) is 10.9. The zero-order valence-corrected chi connectivity index (χ0v) is 10.5. The zero-order chi connectivity index (χ0) is 9.03. The van der Waals surface area contributed by atoms with Crippen LogP contribution in [0.2, 0.25) is 0 Å². The molecule has 1 fully saturated rings. The first-order chi connectivity index (χ1) is 5.71. The van der Waals surface area contributed by atoms with Gasteiger partial charge in [0.2, 0.25) is 0 Å². The summed E-state index contributed by atoms with van der Waals surface area (Å²) >= 11 is 0. The third kappa shape index (κ3) is 3.12. The van der Waals surface area contributed by atoms with Crippen molar-refractivity contribution in [2.45, 2.75) is 39.0 Å². The van der Waals surface area contributed by atoms with Gasteiger partial charge in [-0.15, -0.1) is 0 Å². The molecule has 0 N–H and O–H groups in total. The van der Waals surface area contributed by atoms with E-state index in [0.29, 0.717) is 0 Å². The van der Waals surface area contributed by atoms with E-state index in [2.05, 4.69) is 0 Å². The largest absolute Gasteiger partial charge is 1.00 e. The van der Waals surface area contributed by atoms with Crippen LogP contribution in [0.25, 0.3) is 0 Å². The monoisotopic (exact) mass is 190 g/mol. The SMILES string of the molecule is CC=CC1(C(=O)[O-])CCCCC1.[Na+]. The van der Waals surface area contributed by atoms with Crippen LogP contribution < -0.4 is 34.7 Å². The van der Waals surface area contributed by atoms with E-state index in [4.69, 9.17) is 0 Å². The van der Waals surface area contributed by atoms with E-state index in [1.54, 1.807) is 6.08 Å². The van der Waals surface area contributed by atoms with Crippen LogP contribution in [0.5, 0.6) is 0 Å². The summed E-state index contributed by atoms with van der Waals surface area (Å²) in [6.45, 7) is 1.86. The average Bonchev–Trinajstić information content (AvgIpc) is 2.06. The minimum Gasteiger partial charge on any atom is -0.549 e. The Morgan fingerprint density at radius 1 is 1.31 bits per heavy atom. The first-order valence-corrected chi connectivity index (χ1v) is 4.56. The fourth-order valence-electron chi connectivity index (χ4n) is 1.94. The van der Waals surface area contributed by atoms with Crippen LogP contribution >= 0.6 is 0 Å². The summed E-state index contributed by atoms with van der Waals surface area (Å²) in [7, 11) is 0. The molecule has 0 radical (unpaired) electrons. The molecule has 0 spiro atoms. The number of carboxylic acid groups (broad SMARTS) is 1. The summed E-state index contributed by atoms with van der Waals surface area (Å²) in [5.74, 6) is -0.902. The standard InChI is InChI=1S/C10H16O2.Na/c1-2-6-10(9(11)12)7-4-3-5-8-10;/h2,6H,3-5,7-8H2,1H3,(H,11,12);/q;+1/p-1. The van der Waals surface area contributed by atoms with Gasteiger partial charge in [0.1, 0.15) is 0 Å². The van der Waals surface area contributed by atoms with Crippen molar-refractivity contribution in [1.82, 2.24) is 0 Å². The van der Waals surface area contributed by atoms with E-state index in [-0.39, 0.29) is 29.6 Å². The van der Waals surface area contributed by atoms with E-state index in [0.717, 1.165) is 32.1 Å². The van der Waals surface area contributed by atoms with E-state index in [1.165, 1.54) is 0 Å². The van der Waals surface area contributed by atoms with E-state index >= 15 is 0 Å². The molecule has 0 aromatic rings. The Hall–Kier alpha value is 0.210. The van der Waals surface area contributed by atoms with E-state index in [1.807, 2.05) is 13.0 Å². The summed E-state index contributed by atoms with van der Waals surface area (Å²) in [5.41, 5.74) is -0.646. The number of rotatable bonds is 2. The molecule has 0 atom stereocenters. The Kier molecular flexibility index (Phi) is 5.93. The van der Waals surface area contributed by atoms with Gasteiger partial charge in [-0.25, -0.2) is 0 Å². The molecular weight excluding hydrogens is 175 g/mol. The van der Waals surface area contributed by atoms with Gasteiger partial charge in [-0.05, 0) is 19.8 Å². The molecule has 1 saturated carbocycles. The molecule has 13 heavy (non-hydrogen) atoms. The van der Waals surface area contributed by atoms with Crippen LogP contribution in [-0.2, 0) is 4.79 Å². The second-order valence-corrected chi connectivity index (χ2v) is 3.50. The van der Waals surface area contributed by atoms with Crippen molar-refractivity contribution in [3.8, 4) is 0 Å². The molecule has 0 bridgehead atoms. The van der Waals surface area contributed by atoms with E-state index < -0.39 is 11.4 Å². The normalized spacial score (nSPS) is 21.0. The average molecular weight is 190 g/mol. The maximum absolute atomic E-state index is 10.9. The Morgan fingerprint density at radius 3 is 2.23 bits per heavy atom. The number of hydrogen-bond acceptors (Lipinski definition) is 2. The first-order valence-electron chi connectivity index (χ1n) is 4.56. The summed E-state index contributed by atoms with van der Waals surface area (Å²) in [6.07, 6.45) is 8.30. The smallest absolute Gasteiger partial charge is 0.549 e. The van der Waals surface area contributed by atoms with Crippen molar-refractivity contribution in [1.29, 1.82) is 0 Å². The fraction of sp³-hybridized carbons (Fsp3) is 0.700. The van der Waals surface area contributed by atoms with Gasteiger partial charge in [-0.2, -0.15) is 0 Å². The van der Waals surface area contributed by atoms with Gasteiger partial charge in [0.15, 0.2) is 0 Å². The molecule has 0 unspecified atom stereocenters. The van der Waals surface area contributed by atoms with Crippen LogP contribution in [0.15, 0.2) is 12.2 Å². The molecule has 2 nitrogen and oxygen atoms in total. The molecule has 0 heterocycles. The van der Waals surface area contributed by atoms with Crippen LogP contribution in [-0.4, -0.2) is 5.97 Å². The third-order valence-electron chi connectivity index (χ3n) is 2.64. The maximum Gasteiger partial charge on any atom is 1.00 e. The quantitative estimate of drug-likeness (QED) is 0.383. The minimum absolute atomic E-state index is 0. The fourth-order valence-corrected chi connectivity index (χ4v) is 1.94. The minimum atomic E-state index is -0.902. The molecule has 68 valence electrons. The van der Waals surface area contributed by atoms with Crippen molar-refractivity contribution < 1.29 is 39.5 Å². The number of aliphatic carboxylic acids is 1. The van der Waals surface area contributed by atoms with E-state index in [9.17, 15) is 9.90 Å². The number of carbonyl (C=O) groups is 1. The predicted molar refractivity (Wildman–Crippen MR) is 45.3 cm³/mol. The van der Waals surface area contributed by atoms with Gasteiger partial charge in [0.05, 0.1) is 5.97 Å². The van der Waals surface area contributed by atoms with Gasteiger partial charge in [-0.1, -0.05) is 31.4 Å². The Bertz CT molecular complexity index is 193. The molecule has 1 rings (SSSR count). The van der Waals surface area contributed by atoms with Gasteiger partial charge in [0, 0.05) is 5.41 Å². The Balaban J connectivity index is 0.00000144. The van der Waals surface area contributed by atoms with Crippen LogP contribution in [0, 0.1) is 5.41 Å². The zero-order valence-electron chi connectivity index (χ0n) is 8.51.